The molecule has 0 spiro atoms. The van der Waals surface area contributed by atoms with Crippen LogP contribution >= 0.6 is 0 Å². The number of amides is 1. The van der Waals surface area contributed by atoms with Crippen molar-refractivity contribution < 1.29 is 4.79 Å². The molecule has 0 saturated heterocycles. The van der Waals surface area contributed by atoms with Gasteiger partial charge in [-0.25, -0.2) is 0 Å². The van der Waals surface area contributed by atoms with E-state index in [4.69, 9.17) is 5.73 Å². The van der Waals surface area contributed by atoms with Crippen molar-refractivity contribution in [2.45, 2.75) is 64.3 Å². The van der Waals surface area contributed by atoms with Gasteiger partial charge in [-0.05, 0) is 56.8 Å². The summed E-state index contributed by atoms with van der Waals surface area (Å²) in [5, 5.41) is 3.03. The summed E-state index contributed by atoms with van der Waals surface area (Å²) in [6.45, 7) is 4.71. The third-order valence-electron chi connectivity index (χ3n) is 4.97. The zero-order valence-electron chi connectivity index (χ0n) is 11.9. The highest BCUT2D eigenvalue weighted by atomic mass is 16.2. The number of carbonyl (C=O) groups excluding carboxylic acids is 1. The molecule has 2 fully saturated rings. The number of nitrogens with one attached hydrogen (secondary N) is 1. The second-order valence-corrected chi connectivity index (χ2v) is 6.65. The minimum atomic E-state index is -0.691. The van der Waals surface area contributed by atoms with Crippen LogP contribution < -0.4 is 11.1 Å². The third kappa shape index (κ3) is 3.05. The van der Waals surface area contributed by atoms with Gasteiger partial charge in [-0.2, -0.15) is 0 Å². The Morgan fingerprint density at radius 3 is 2.72 bits per heavy atom. The van der Waals surface area contributed by atoms with Crippen LogP contribution in [0, 0.1) is 17.8 Å². The van der Waals surface area contributed by atoms with Crippen molar-refractivity contribution in [3.63, 3.8) is 0 Å². The number of rotatable bonds is 6. The molecule has 4 unspecified atom stereocenters. The summed E-state index contributed by atoms with van der Waals surface area (Å²) >= 11 is 0. The van der Waals surface area contributed by atoms with E-state index in [2.05, 4.69) is 12.2 Å². The molecule has 104 valence electrons. The largest absolute Gasteiger partial charge is 0.355 e. The van der Waals surface area contributed by atoms with E-state index in [0.29, 0.717) is 0 Å². The molecule has 4 atom stereocenters. The van der Waals surface area contributed by atoms with E-state index in [1.165, 1.54) is 25.7 Å². The van der Waals surface area contributed by atoms with Crippen molar-refractivity contribution in [1.82, 2.24) is 5.32 Å². The van der Waals surface area contributed by atoms with Gasteiger partial charge in [-0.3, -0.25) is 4.79 Å². The first-order valence-electron chi connectivity index (χ1n) is 7.60. The monoisotopic (exact) mass is 252 g/mol. The topological polar surface area (TPSA) is 55.1 Å². The lowest BCUT2D eigenvalue weighted by atomic mass is 9.86. The van der Waals surface area contributed by atoms with Crippen molar-refractivity contribution in [3.05, 3.63) is 0 Å². The normalized spacial score (nSPS) is 33.4. The highest BCUT2D eigenvalue weighted by molar-refractivity contribution is 5.85. The lowest BCUT2D eigenvalue weighted by Crippen LogP contribution is -2.51. The summed E-state index contributed by atoms with van der Waals surface area (Å²) in [5.41, 5.74) is 5.32. The van der Waals surface area contributed by atoms with Gasteiger partial charge in [-0.1, -0.05) is 19.8 Å². The second-order valence-electron chi connectivity index (χ2n) is 6.65. The van der Waals surface area contributed by atoms with Crippen LogP contribution in [0.1, 0.15) is 58.8 Å². The average molecular weight is 252 g/mol. The van der Waals surface area contributed by atoms with Gasteiger partial charge in [0, 0.05) is 6.54 Å². The van der Waals surface area contributed by atoms with Crippen molar-refractivity contribution >= 4 is 5.91 Å². The summed E-state index contributed by atoms with van der Waals surface area (Å²) < 4.78 is 0. The standard InChI is InChI=1S/C15H28N2O/c1-3-7-15(2,16)14(18)17-8-6-13-10-11-4-5-12(13)9-11/h11-13H,3-10,16H2,1-2H3,(H,17,18). The maximum Gasteiger partial charge on any atom is 0.239 e. The van der Waals surface area contributed by atoms with E-state index in [9.17, 15) is 4.79 Å². The molecule has 0 aromatic carbocycles. The molecule has 2 bridgehead atoms. The summed E-state index contributed by atoms with van der Waals surface area (Å²) in [5.74, 6) is 2.83. The summed E-state index contributed by atoms with van der Waals surface area (Å²) in [6, 6.07) is 0. The Bertz CT molecular complexity index is 301. The molecule has 2 rings (SSSR count). The number of nitrogens with two attached hydrogens (primary N) is 1. The molecule has 0 aliphatic heterocycles. The Morgan fingerprint density at radius 2 is 2.17 bits per heavy atom. The van der Waals surface area contributed by atoms with Crippen LogP contribution in [-0.2, 0) is 4.79 Å². The fourth-order valence-electron chi connectivity index (χ4n) is 3.94. The maximum absolute atomic E-state index is 12.0. The first kappa shape index (κ1) is 13.9. The molecule has 3 heteroatoms. The highest BCUT2D eigenvalue weighted by Crippen LogP contribution is 2.49. The van der Waals surface area contributed by atoms with Gasteiger partial charge < -0.3 is 11.1 Å². The van der Waals surface area contributed by atoms with Gasteiger partial charge in [-0.15, -0.1) is 0 Å². The molecule has 2 aliphatic carbocycles. The van der Waals surface area contributed by atoms with Crippen LogP contribution in [0.5, 0.6) is 0 Å². The molecule has 0 heterocycles. The number of fused-ring (bicyclic) bond motifs is 2. The summed E-state index contributed by atoms with van der Waals surface area (Å²) in [6.07, 6.45) is 8.58. The molecular weight excluding hydrogens is 224 g/mol. The van der Waals surface area contributed by atoms with Crippen molar-refractivity contribution in [1.29, 1.82) is 0 Å². The first-order chi connectivity index (χ1) is 8.53. The molecule has 0 aromatic rings. The van der Waals surface area contributed by atoms with Crippen LogP contribution in [0.3, 0.4) is 0 Å². The van der Waals surface area contributed by atoms with Crippen LogP contribution in [0.4, 0.5) is 0 Å². The Balaban J connectivity index is 1.68. The summed E-state index contributed by atoms with van der Waals surface area (Å²) in [7, 11) is 0. The van der Waals surface area contributed by atoms with Crippen LogP contribution in [0.2, 0.25) is 0 Å². The average Bonchev–Trinajstić information content (AvgIpc) is 2.90. The molecule has 3 nitrogen and oxygen atoms in total. The van der Waals surface area contributed by atoms with E-state index in [1.807, 2.05) is 6.92 Å². The molecule has 0 aromatic heterocycles. The van der Waals surface area contributed by atoms with E-state index < -0.39 is 5.54 Å². The first-order valence-corrected chi connectivity index (χ1v) is 7.60. The van der Waals surface area contributed by atoms with Gasteiger partial charge in [0.05, 0.1) is 5.54 Å². The number of hydrogen-bond donors (Lipinski definition) is 2. The zero-order chi connectivity index (χ0) is 13.2. The third-order valence-corrected chi connectivity index (χ3v) is 4.97. The van der Waals surface area contributed by atoms with Crippen molar-refractivity contribution in [2.24, 2.45) is 23.5 Å². The highest BCUT2D eigenvalue weighted by Gasteiger charge is 2.39. The smallest absolute Gasteiger partial charge is 0.239 e. The molecular formula is C15H28N2O. The Labute approximate surface area is 111 Å². The minimum absolute atomic E-state index is 0.0208. The fraction of sp³-hybridized carbons (Fsp3) is 0.933. The van der Waals surface area contributed by atoms with Gasteiger partial charge in [0.2, 0.25) is 5.91 Å². The minimum Gasteiger partial charge on any atom is -0.355 e. The molecule has 2 saturated carbocycles. The SMILES string of the molecule is CCCC(C)(N)C(=O)NCCC1CC2CCC1C2. The Hall–Kier alpha value is -0.570. The van der Waals surface area contributed by atoms with E-state index >= 15 is 0 Å². The molecule has 18 heavy (non-hydrogen) atoms. The quantitative estimate of drug-likeness (QED) is 0.763. The molecule has 3 N–H and O–H groups in total. The predicted octanol–water partition coefficient (Wildman–Crippen LogP) is 2.45. The van der Waals surface area contributed by atoms with Gasteiger partial charge >= 0.3 is 0 Å². The van der Waals surface area contributed by atoms with Crippen LogP contribution in [-0.4, -0.2) is 18.0 Å². The second kappa shape index (κ2) is 5.60. The molecule has 1 amide bonds. The van der Waals surface area contributed by atoms with Crippen molar-refractivity contribution in [3.8, 4) is 0 Å². The maximum atomic E-state index is 12.0. The molecule has 2 aliphatic rings. The summed E-state index contributed by atoms with van der Waals surface area (Å²) in [4.78, 5) is 12.0. The Kier molecular flexibility index (Phi) is 4.31. The lowest BCUT2D eigenvalue weighted by molar-refractivity contribution is -0.126. The van der Waals surface area contributed by atoms with Crippen molar-refractivity contribution in [2.75, 3.05) is 6.54 Å². The van der Waals surface area contributed by atoms with E-state index in [0.717, 1.165) is 43.6 Å². The van der Waals surface area contributed by atoms with Gasteiger partial charge in [0.1, 0.15) is 0 Å². The zero-order valence-corrected chi connectivity index (χ0v) is 11.9. The van der Waals surface area contributed by atoms with Crippen LogP contribution in [0.25, 0.3) is 0 Å². The predicted molar refractivity (Wildman–Crippen MR) is 74.1 cm³/mol. The fourth-order valence-corrected chi connectivity index (χ4v) is 3.94. The number of carbonyl (C=O) groups is 1. The van der Waals surface area contributed by atoms with E-state index in [-0.39, 0.29) is 5.91 Å². The lowest BCUT2D eigenvalue weighted by Gasteiger charge is -2.25. The Morgan fingerprint density at radius 1 is 1.39 bits per heavy atom. The van der Waals surface area contributed by atoms with Gasteiger partial charge in [0.15, 0.2) is 0 Å². The molecule has 0 radical (unpaired) electrons. The number of hydrogen-bond acceptors (Lipinski definition) is 2. The van der Waals surface area contributed by atoms with E-state index in [1.54, 1.807) is 0 Å². The van der Waals surface area contributed by atoms with Gasteiger partial charge in [0.25, 0.3) is 0 Å². The van der Waals surface area contributed by atoms with Crippen LogP contribution in [0.15, 0.2) is 0 Å².